The normalized spacial score (nSPS) is 14.1. The van der Waals surface area contributed by atoms with E-state index in [4.69, 9.17) is 0 Å². The summed E-state index contributed by atoms with van der Waals surface area (Å²) in [5, 5.41) is 24.5. The van der Waals surface area contributed by atoms with E-state index in [1.54, 1.807) is 12.4 Å². The number of pyridine rings is 1. The molecule has 1 aliphatic carbocycles. The maximum absolute atomic E-state index is 12.6. The number of hydroxylamine groups is 2. The summed E-state index contributed by atoms with van der Waals surface area (Å²) < 4.78 is 6.12. The first-order valence-corrected chi connectivity index (χ1v) is 14.5. The number of fused-ring (bicyclic) bond motifs is 1. The van der Waals surface area contributed by atoms with E-state index in [0.29, 0.717) is 0 Å². The van der Waals surface area contributed by atoms with Crippen molar-refractivity contribution in [3.8, 4) is 11.1 Å². The highest BCUT2D eigenvalue weighted by Crippen LogP contribution is 2.30. The Balaban J connectivity index is 2.01. The molecule has 0 radical (unpaired) electrons. The van der Waals surface area contributed by atoms with Crippen molar-refractivity contribution in [2.75, 3.05) is 82.1 Å². The van der Waals surface area contributed by atoms with E-state index in [2.05, 4.69) is 64.1 Å². The molecule has 0 atom stereocenters. The summed E-state index contributed by atoms with van der Waals surface area (Å²) in [7, 11) is 15.2. The van der Waals surface area contributed by atoms with Gasteiger partial charge in [0.25, 0.3) is 0 Å². The van der Waals surface area contributed by atoms with Gasteiger partial charge in [-0.1, -0.05) is 6.07 Å². The van der Waals surface area contributed by atoms with E-state index in [0.717, 1.165) is 66.8 Å². The monoisotopic (exact) mass is 544 g/mol. The van der Waals surface area contributed by atoms with Crippen LogP contribution >= 0.6 is 0 Å². The van der Waals surface area contributed by atoms with Gasteiger partial charge in [-0.05, 0) is 25.7 Å². The average molecular weight is 545 g/mol. The van der Waals surface area contributed by atoms with Crippen LogP contribution in [0.25, 0.3) is 11.1 Å². The molecule has 0 aromatic rings. The van der Waals surface area contributed by atoms with Gasteiger partial charge in [0.15, 0.2) is 18.0 Å². The summed E-state index contributed by atoms with van der Waals surface area (Å²) in [5.74, 6) is 0. The summed E-state index contributed by atoms with van der Waals surface area (Å²) in [6.07, 6.45) is 12.2. The number of unbranched alkanes of at least 4 members (excludes halogenated alkanes) is 1. The van der Waals surface area contributed by atoms with E-state index in [-0.39, 0.29) is 0 Å². The van der Waals surface area contributed by atoms with Gasteiger partial charge in [-0.15, -0.1) is 0 Å². The fraction of sp³-hybridized carbons (Fsp3) is 0.677. The molecular formula is C31H56N6O2+2. The van der Waals surface area contributed by atoms with Crippen LogP contribution in [0.1, 0.15) is 57.6 Å². The summed E-state index contributed by atoms with van der Waals surface area (Å²) in [6.45, 7) is 12.4. The van der Waals surface area contributed by atoms with Gasteiger partial charge in [0.1, 0.15) is 7.05 Å². The average Bonchev–Trinajstić information content (AvgIpc) is 3.18. The number of aryl methyl sites for hydroxylation is 1. The van der Waals surface area contributed by atoms with Crippen LogP contribution in [0, 0.1) is 10.4 Å². The molecule has 0 bridgehead atoms. The lowest BCUT2D eigenvalue weighted by Crippen LogP contribution is -2.44. The Bertz CT molecular complexity index is 1070. The summed E-state index contributed by atoms with van der Waals surface area (Å²) in [6, 6.07) is 3.97. The van der Waals surface area contributed by atoms with Crippen molar-refractivity contribution in [2.45, 2.75) is 58.5 Å². The van der Waals surface area contributed by atoms with Crippen LogP contribution in [-0.2, 0) is 6.54 Å². The van der Waals surface area contributed by atoms with Crippen molar-refractivity contribution >= 4 is 12.4 Å². The van der Waals surface area contributed by atoms with Gasteiger partial charge in [0.2, 0.25) is 0 Å². The first-order valence-electron chi connectivity index (χ1n) is 14.5. The maximum atomic E-state index is 12.6. The second kappa shape index (κ2) is 13.8. The zero-order chi connectivity index (χ0) is 29.4. The molecule has 1 aliphatic heterocycles. The largest absolute Gasteiger partial charge is 0.624 e. The number of hydrogen-bond donors (Lipinski definition) is 0. The number of quaternary nitrogens is 2. The Morgan fingerprint density at radius 2 is 1.36 bits per heavy atom. The second-order valence-electron chi connectivity index (χ2n) is 13.9. The van der Waals surface area contributed by atoms with Crippen LogP contribution < -0.4 is 0 Å². The Kier molecular flexibility index (Phi) is 11.6. The van der Waals surface area contributed by atoms with Crippen molar-refractivity contribution in [1.29, 1.82) is 0 Å². The Hall–Kier alpha value is -2.42. The molecule has 0 spiro atoms. The van der Waals surface area contributed by atoms with E-state index < -0.39 is 5.54 Å². The molecule has 0 saturated carbocycles. The van der Waals surface area contributed by atoms with E-state index >= 15 is 0 Å². The molecule has 8 heteroatoms. The molecule has 220 valence electrons. The third kappa shape index (κ3) is 11.3. The Labute approximate surface area is 238 Å². The molecule has 0 N–H and O–H groups in total. The third-order valence-corrected chi connectivity index (χ3v) is 7.51. The number of rotatable bonds is 15. The van der Waals surface area contributed by atoms with Crippen molar-refractivity contribution in [1.82, 2.24) is 9.47 Å². The first kappa shape index (κ1) is 32.8. The highest BCUT2D eigenvalue weighted by Gasteiger charge is 2.22. The highest BCUT2D eigenvalue weighted by molar-refractivity contribution is 5.96. The minimum Gasteiger partial charge on any atom is -0.624 e. The predicted molar refractivity (Wildman–Crippen MR) is 165 cm³/mol. The van der Waals surface area contributed by atoms with Crippen LogP contribution in [-0.4, -0.2) is 128 Å². The minimum atomic E-state index is -0.511. The lowest BCUT2D eigenvalue weighted by atomic mass is 10.0. The lowest BCUT2D eigenvalue weighted by molar-refractivity contribution is -0.897. The summed E-state index contributed by atoms with van der Waals surface area (Å²) in [5.41, 5.74) is 3.23. The number of hydrogen-bond acceptors (Lipinski definition) is 3. The predicted octanol–water partition coefficient (Wildman–Crippen LogP) is 4.15. The molecule has 0 amide bonds. The Morgan fingerprint density at radius 1 is 0.795 bits per heavy atom. The second-order valence-corrected chi connectivity index (χ2v) is 13.9. The number of nitrogens with zero attached hydrogens (tertiary/aromatic N) is 6. The van der Waals surface area contributed by atoms with Gasteiger partial charge in [-0.2, -0.15) is 0 Å². The van der Waals surface area contributed by atoms with Gasteiger partial charge >= 0.3 is 0 Å². The van der Waals surface area contributed by atoms with Crippen LogP contribution in [0.5, 0.6) is 0 Å². The molecule has 2 rings (SSSR count). The van der Waals surface area contributed by atoms with Gasteiger partial charge in [0.05, 0.1) is 59.9 Å². The maximum Gasteiger partial charge on any atom is 0.183 e. The molecule has 8 nitrogen and oxygen atoms in total. The van der Waals surface area contributed by atoms with E-state index in [9.17, 15) is 10.4 Å². The summed E-state index contributed by atoms with van der Waals surface area (Å²) in [4.78, 5) is 2.27. The molecule has 0 saturated heterocycles. The topological polar surface area (TPSA) is 60.3 Å². The van der Waals surface area contributed by atoms with Gasteiger partial charge in [-0.25, -0.2) is 9.48 Å². The van der Waals surface area contributed by atoms with Crippen LogP contribution in [0.4, 0.5) is 0 Å². The molecular weight excluding hydrogens is 488 g/mol. The van der Waals surface area contributed by atoms with Gasteiger partial charge in [-0.3, -0.25) is 0 Å². The molecule has 0 aromatic heterocycles. The number of aromatic nitrogens is 1. The smallest absolute Gasteiger partial charge is 0.183 e. The summed E-state index contributed by atoms with van der Waals surface area (Å²) >= 11 is 0. The van der Waals surface area contributed by atoms with Crippen molar-refractivity contribution < 1.29 is 18.4 Å². The van der Waals surface area contributed by atoms with Crippen molar-refractivity contribution in [3.63, 3.8) is 0 Å². The molecule has 1 heterocycles. The standard InChI is InChI=1S/C31H56N6O2/c1-31(2,3)35(39)25-27-15-16-29-28(23-33(6)38)24-34(26-30(27)29)18-14-22-37(9,10)20-12-11-19-36(7,8)21-13-17-32(4)5/h15-16,23-26H,11-14,17-22H2,1-10H3/q+2/b33-23-,35-25-. The van der Waals surface area contributed by atoms with Crippen LogP contribution in [0.2, 0.25) is 0 Å². The van der Waals surface area contributed by atoms with Crippen molar-refractivity contribution in [2.24, 2.45) is 0 Å². The van der Waals surface area contributed by atoms with Gasteiger partial charge < -0.3 is 28.8 Å². The fourth-order valence-corrected chi connectivity index (χ4v) is 5.02. The highest BCUT2D eigenvalue weighted by atomic mass is 16.5. The SMILES string of the molecule is CN(C)CCC[N+](C)(C)CCCC[N+](C)(C)CCCn1cc(/C=[N+](/C)[O-])c2ccc(/C=[N+](\[O-])C(C)(C)C)c-2c1. The quantitative estimate of drug-likeness (QED) is 0.0845. The van der Waals surface area contributed by atoms with E-state index in [1.807, 2.05) is 32.9 Å². The molecule has 39 heavy (non-hydrogen) atoms. The zero-order valence-electron chi connectivity index (χ0n) is 26.5. The molecule has 0 fully saturated rings. The fourth-order valence-electron chi connectivity index (χ4n) is 5.02. The first-order chi connectivity index (χ1) is 18.0. The van der Waals surface area contributed by atoms with Crippen molar-refractivity contribution in [3.05, 3.63) is 46.1 Å². The van der Waals surface area contributed by atoms with Gasteiger partial charge in [0, 0.05) is 83.1 Å². The zero-order valence-corrected chi connectivity index (χ0v) is 26.5. The third-order valence-electron chi connectivity index (χ3n) is 7.51. The van der Waals surface area contributed by atoms with E-state index in [1.165, 1.54) is 45.9 Å². The minimum absolute atomic E-state index is 0.511. The molecule has 0 aromatic carbocycles. The van der Waals surface area contributed by atoms with Crippen LogP contribution in [0.3, 0.4) is 0 Å². The molecule has 2 aliphatic rings. The van der Waals surface area contributed by atoms with Crippen LogP contribution in [0.15, 0.2) is 24.5 Å². The lowest BCUT2D eigenvalue weighted by Gasteiger charge is -2.32. The Morgan fingerprint density at radius 3 is 1.90 bits per heavy atom. The molecule has 0 unspecified atom stereocenters.